The largest absolute Gasteiger partial charge is 0.489 e. The quantitative estimate of drug-likeness (QED) is 0.638. The third-order valence-electron chi connectivity index (χ3n) is 5.86. The molecule has 28 heavy (non-hydrogen) atoms. The number of rotatable bonds is 7. The second-order valence-electron chi connectivity index (χ2n) is 7.90. The van der Waals surface area contributed by atoms with Gasteiger partial charge in [-0.3, -0.25) is 9.59 Å². The molecule has 1 aromatic carbocycles. The van der Waals surface area contributed by atoms with Gasteiger partial charge in [-0.25, -0.2) is 0 Å². The Labute approximate surface area is 172 Å². The van der Waals surface area contributed by atoms with E-state index in [9.17, 15) is 9.59 Å². The van der Waals surface area contributed by atoms with Gasteiger partial charge in [-0.2, -0.15) is 0 Å². The Morgan fingerprint density at radius 2 is 1.75 bits per heavy atom. The van der Waals surface area contributed by atoms with Gasteiger partial charge >= 0.3 is 5.97 Å². The molecule has 6 nitrogen and oxygen atoms in total. The van der Waals surface area contributed by atoms with Crippen molar-refractivity contribution in [2.45, 2.75) is 76.0 Å². The lowest BCUT2D eigenvalue weighted by molar-refractivity contribution is -0.137. The molecule has 2 saturated carbocycles. The topological polar surface area (TPSA) is 102 Å². The number of hydrogen-bond acceptors (Lipinski definition) is 4. The normalized spacial score (nSPS) is 26.9. The third kappa shape index (κ3) is 6.38. The van der Waals surface area contributed by atoms with Crippen LogP contribution in [0.2, 0.25) is 0 Å². The highest BCUT2D eigenvalue weighted by Crippen LogP contribution is 2.28. The lowest BCUT2D eigenvalue weighted by Gasteiger charge is -2.28. The van der Waals surface area contributed by atoms with E-state index in [1.165, 1.54) is 0 Å². The van der Waals surface area contributed by atoms with Gasteiger partial charge < -0.3 is 20.9 Å². The summed E-state index contributed by atoms with van der Waals surface area (Å²) in [6, 6.07) is 7.53. The Morgan fingerprint density at radius 1 is 1.07 bits per heavy atom. The van der Waals surface area contributed by atoms with Crippen molar-refractivity contribution in [2.24, 2.45) is 11.7 Å². The van der Waals surface area contributed by atoms with E-state index in [0.29, 0.717) is 11.5 Å². The average molecular weight is 411 g/mol. The summed E-state index contributed by atoms with van der Waals surface area (Å²) in [5, 5.41) is 11.9. The number of halogens is 1. The molecule has 0 radical (unpaired) electrons. The van der Waals surface area contributed by atoms with Gasteiger partial charge in [0.2, 0.25) is 0 Å². The van der Waals surface area contributed by atoms with Gasteiger partial charge in [0.05, 0.1) is 0 Å². The molecule has 0 unspecified atom stereocenters. The van der Waals surface area contributed by atoms with Crippen molar-refractivity contribution < 1.29 is 19.4 Å². The second kappa shape index (κ2) is 10.7. The van der Waals surface area contributed by atoms with Crippen LogP contribution in [-0.2, 0) is 4.79 Å². The number of carbonyl (C=O) groups excluding carboxylic acids is 1. The van der Waals surface area contributed by atoms with Crippen molar-refractivity contribution >= 4 is 24.3 Å². The number of hydrogen-bond donors (Lipinski definition) is 3. The van der Waals surface area contributed by atoms with Gasteiger partial charge in [-0.05, 0) is 81.5 Å². The first-order chi connectivity index (χ1) is 13.0. The van der Waals surface area contributed by atoms with E-state index in [4.69, 9.17) is 15.6 Å². The first-order valence-electron chi connectivity index (χ1n) is 10.1. The lowest BCUT2D eigenvalue weighted by Crippen LogP contribution is -2.37. The molecule has 0 saturated heterocycles. The summed E-state index contributed by atoms with van der Waals surface area (Å²) in [6.07, 6.45) is 7.92. The zero-order valence-electron chi connectivity index (χ0n) is 16.1. The van der Waals surface area contributed by atoms with Gasteiger partial charge in [0.1, 0.15) is 11.9 Å². The van der Waals surface area contributed by atoms with E-state index >= 15 is 0 Å². The van der Waals surface area contributed by atoms with Crippen LogP contribution in [0.25, 0.3) is 0 Å². The predicted molar refractivity (Wildman–Crippen MR) is 110 cm³/mol. The zero-order chi connectivity index (χ0) is 19.2. The molecule has 2 aliphatic rings. The molecule has 2 fully saturated rings. The molecular formula is C21H31ClN2O4. The molecule has 3 rings (SSSR count). The molecule has 1 aromatic rings. The van der Waals surface area contributed by atoms with Crippen molar-refractivity contribution in [3.8, 4) is 5.75 Å². The van der Waals surface area contributed by atoms with Crippen LogP contribution in [0.5, 0.6) is 5.75 Å². The number of aliphatic carboxylic acids is 1. The predicted octanol–water partition coefficient (Wildman–Crippen LogP) is 3.52. The highest BCUT2D eigenvalue weighted by Gasteiger charge is 2.26. The number of carbonyl (C=O) groups is 2. The average Bonchev–Trinajstić information content (AvgIpc) is 3.06. The maximum Gasteiger partial charge on any atom is 0.303 e. The highest BCUT2D eigenvalue weighted by atomic mass is 35.5. The summed E-state index contributed by atoms with van der Waals surface area (Å²) < 4.78 is 5.93. The van der Waals surface area contributed by atoms with Crippen LogP contribution in [0.3, 0.4) is 0 Å². The summed E-state index contributed by atoms with van der Waals surface area (Å²) >= 11 is 0. The number of carboxylic acid groups (broad SMARTS) is 1. The monoisotopic (exact) mass is 410 g/mol. The van der Waals surface area contributed by atoms with Crippen molar-refractivity contribution in [3.05, 3.63) is 29.8 Å². The highest BCUT2D eigenvalue weighted by molar-refractivity contribution is 5.94. The summed E-state index contributed by atoms with van der Waals surface area (Å²) in [6.45, 7) is 0. The van der Waals surface area contributed by atoms with E-state index in [1.807, 2.05) is 12.1 Å². The molecule has 1 amide bonds. The zero-order valence-corrected chi connectivity index (χ0v) is 17.0. The fraction of sp³-hybridized carbons (Fsp3) is 0.619. The van der Waals surface area contributed by atoms with Crippen molar-refractivity contribution in [3.63, 3.8) is 0 Å². The number of ether oxygens (including phenoxy) is 1. The van der Waals surface area contributed by atoms with Crippen molar-refractivity contribution in [1.29, 1.82) is 0 Å². The molecular weight excluding hydrogens is 380 g/mol. The smallest absolute Gasteiger partial charge is 0.303 e. The molecule has 0 heterocycles. The van der Waals surface area contributed by atoms with Crippen LogP contribution in [-0.4, -0.2) is 35.2 Å². The van der Waals surface area contributed by atoms with Crippen LogP contribution in [0.15, 0.2) is 24.3 Å². The Morgan fingerprint density at radius 3 is 2.32 bits per heavy atom. The maximum atomic E-state index is 12.5. The van der Waals surface area contributed by atoms with E-state index in [1.54, 1.807) is 12.1 Å². The van der Waals surface area contributed by atoms with Crippen molar-refractivity contribution in [1.82, 2.24) is 5.32 Å². The molecule has 4 N–H and O–H groups in total. The van der Waals surface area contributed by atoms with Gasteiger partial charge in [0, 0.05) is 24.1 Å². The Hall–Kier alpha value is -1.79. The maximum absolute atomic E-state index is 12.5. The van der Waals surface area contributed by atoms with Crippen LogP contribution >= 0.6 is 12.4 Å². The molecule has 0 bridgehead atoms. The molecule has 0 spiro atoms. The lowest BCUT2D eigenvalue weighted by atomic mass is 9.83. The minimum atomic E-state index is -0.729. The van der Waals surface area contributed by atoms with Crippen molar-refractivity contribution in [2.75, 3.05) is 0 Å². The number of nitrogens with one attached hydrogen (secondary N) is 1. The summed E-state index contributed by atoms with van der Waals surface area (Å²) in [7, 11) is 0. The Balaban J connectivity index is 0.00000280. The summed E-state index contributed by atoms with van der Waals surface area (Å²) in [4.78, 5) is 23.1. The van der Waals surface area contributed by atoms with E-state index in [2.05, 4.69) is 5.32 Å². The number of carboxylic acids is 1. The fourth-order valence-electron chi connectivity index (χ4n) is 4.15. The van der Waals surface area contributed by atoms with Gasteiger partial charge in [0.25, 0.3) is 5.91 Å². The van der Waals surface area contributed by atoms with E-state index in [0.717, 1.165) is 57.1 Å². The number of amides is 1. The number of nitrogens with two attached hydrogens (primary N) is 1. The standard InChI is InChI=1S/C21H30N2O4.ClH/c22-18-2-1-3-19(18)27-17-11-7-15(8-12-17)21(26)23-16-9-4-14(5-10-16)6-13-20(24)25;/h7-8,11-12,14,16,18-19H,1-6,9-10,13,22H2,(H,23,26)(H,24,25);1H/t14?,16?,18-,19+;/m0./s1. The second-order valence-corrected chi connectivity index (χ2v) is 7.90. The molecule has 0 aliphatic heterocycles. The molecule has 2 aliphatic carbocycles. The first kappa shape index (κ1) is 22.5. The molecule has 0 aromatic heterocycles. The van der Waals surface area contributed by atoms with Crippen LogP contribution in [0, 0.1) is 5.92 Å². The minimum absolute atomic E-state index is 0. The Kier molecular flexibility index (Phi) is 8.58. The van der Waals surface area contributed by atoms with Crippen LogP contribution < -0.4 is 15.8 Å². The SMILES string of the molecule is Cl.N[C@H]1CCC[C@H]1Oc1ccc(C(=O)NC2CCC(CCC(=O)O)CC2)cc1. The number of benzene rings is 1. The van der Waals surface area contributed by atoms with E-state index in [-0.39, 0.29) is 42.9 Å². The molecule has 156 valence electrons. The van der Waals surface area contributed by atoms with Gasteiger partial charge in [0.15, 0.2) is 0 Å². The minimum Gasteiger partial charge on any atom is -0.489 e. The summed E-state index contributed by atoms with van der Waals surface area (Å²) in [5.74, 6) is 0.432. The van der Waals surface area contributed by atoms with Crippen LogP contribution in [0.1, 0.15) is 68.1 Å². The van der Waals surface area contributed by atoms with E-state index < -0.39 is 5.97 Å². The Bertz CT molecular complexity index is 644. The third-order valence-corrected chi connectivity index (χ3v) is 5.86. The molecule has 2 atom stereocenters. The molecule has 7 heteroatoms. The summed E-state index contributed by atoms with van der Waals surface area (Å²) in [5.41, 5.74) is 6.66. The van der Waals surface area contributed by atoms with Gasteiger partial charge in [-0.15, -0.1) is 12.4 Å². The van der Waals surface area contributed by atoms with Gasteiger partial charge in [-0.1, -0.05) is 0 Å². The first-order valence-corrected chi connectivity index (χ1v) is 10.1. The fourth-order valence-corrected chi connectivity index (χ4v) is 4.15. The van der Waals surface area contributed by atoms with Crippen LogP contribution in [0.4, 0.5) is 0 Å².